The Balaban J connectivity index is 1.74. The van der Waals surface area contributed by atoms with Gasteiger partial charge in [-0.2, -0.15) is 0 Å². The SMILES string of the molecule is C[C@@H](CCO)n1cc(C#CC(C)(C)S(C)(=O)=O)c2cnc(Nc3ccnc(-c4c[nH]n(C)c4=O)n3)cc21. The lowest BCUT2D eigenvalue weighted by molar-refractivity contribution is 0.264. The van der Waals surface area contributed by atoms with Crippen molar-refractivity contribution in [3.8, 4) is 23.2 Å². The first-order valence-electron chi connectivity index (χ1n) is 11.6. The summed E-state index contributed by atoms with van der Waals surface area (Å²) in [4.78, 5) is 25.4. The minimum atomic E-state index is -3.38. The van der Waals surface area contributed by atoms with Gasteiger partial charge in [0.1, 0.15) is 21.9 Å². The molecule has 37 heavy (non-hydrogen) atoms. The number of pyridine rings is 1. The molecule has 3 N–H and O–H groups in total. The van der Waals surface area contributed by atoms with Gasteiger partial charge in [-0.15, -0.1) is 0 Å². The third kappa shape index (κ3) is 5.28. The van der Waals surface area contributed by atoms with Crippen molar-refractivity contribution in [3.63, 3.8) is 0 Å². The Kier molecular flexibility index (Phi) is 6.94. The number of H-pyrrole nitrogens is 1. The molecule has 0 radical (unpaired) electrons. The number of fused-ring (bicyclic) bond motifs is 1. The quantitative estimate of drug-likeness (QED) is 0.313. The molecule has 0 spiro atoms. The lowest BCUT2D eigenvalue weighted by atomic mass is 10.1. The van der Waals surface area contributed by atoms with Crippen molar-refractivity contribution >= 4 is 32.4 Å². The zero-order chi connectivity index (χ0) is 27.0. The van der Waals surface area contributed by atoms with E-state index < -0.39 is 14.6 Å². The average molecular weight is 524 g/mol. The van der Waals surface area contributed by atoms with Crippen molar-refractivity contribution < 1.29 is 13.5 Å². The van der Waals surface area contributed by atoms with E-state index in [0.29, 0.717) is 29.2 Å². The van der Waals surface area contributed by atoms with E-state index in [1.54, 1.807) is 45.6 Å². The smallest absolute Gasteiger partial charge is 0.277 e. The monoisotopic (exact) mass is 523 g/mol. The van der Waals surface area contributed by atoms with E-state index in [0.717, 1.165) is 10.9 Å². The lowest BCUT2D eigenvalue weighted by Crippen LogP contribution is -2.28. The number of aromatic amines is 1. The Labute approximate surface area is 214 Å². The fourth-order valence-corrected chi connectivity index (χ4v) is 3.86. The van der Waals surface area contributed by atoms with Gasteiger partial charge in [-0.3, -0.25) is 9.48 Å². The summed E-state index contributed by atoms with van der Waals surface area (Å²) >= 11 is 0. The Morgan fingerprint density at radius 2 is 2.03 bits per heavy atom. The van der Waals surface area contributed by atoms with Gasteiger partial charge in [0, 0.05) is 62.2 Å². The molecule has 4 aromatic heterocycles. The molecule has 0 fully saturated rings. The molecule has 0 bridgehead atoms. The second-order valence-corrected chi connectivity index (χ2v) is 11.9. The molecule has 11 nitrogen and oxygen atoms in total. The minimum absolute atomic E-state index is 0.0154. The van der Waals surface area contributed by atoms with Crippen LogP contribution in [-0.4, -0.2) is 60.4 Å². The number of sulfone groups is 1. The van der Waals surface area contributed by atoms with E-state index in [1.165, 1.54) is 10.9 Å². The Morgan fingerprint density at radius 3 is 2.68 bits per heavy atom. The van der Waals surface area contributed by atoms with Crippen molar-refractivity contribution in [3.05, 3.63) is 52.8 Å². The summed E-state index contributed by atoms with van der Waals surface area (Å²) in [7, 11) is -1.77. The van der Waals surface area contributed by atoms with Crippen molar-refractivity contribution in [1.82, 2.24) is 29.3 Å². The summed E-state index contributed by atoms with van der Waals surface area (Å²) in [6.45, 7) is 5.14. The Hall–Kier alpha value is -3.95. The van der Waals surface area contributed by atoms with Crippen molar-refractivity contribution in [2.75, 3.05) is 18.2 Å². The molecule has 0 aliphatic heterocycles. The summed E-state index contributed by atoms with van der Waals surface area (Å²) in [6.07, 6.45) is 8.32. The molecule has 4 rings (SSSR count). The van der Waals surface area contributed by atoms with E-state index in [1.807, 2.05) is 23.8 Å². The van der Waals surface area contributed by atoms with Crippen LogP contribution in [0.4, 0.5) is 11.6 Å². The molecule has 0 aliphatic rings. The van der Waals surface area contributed by atoms with Gasteiger partial charge in [0.15, 0.2) is 15.7 Å². The first-order chi connectivity index (χ1) is 17.4. The van der Waals surface area contributed by atoms with Crippen LogP contribution in [0.2, 0.25) is 0 Å². The number of hydrogen-bond donors (Lipinski definition) is 3. The predicted molar refractivity (Wildman–Crippen MR) is 142 cm³/mol. The molecule has 0 aromatic carbocycles. The highest BCUT2D eigenvalue weighted by atomic mass is 32.2. The number of aliphatic hydroxyl groups is 1. The maximum absolute atomic E-state index is 12.3. The molecule has 0 aliphatic carbocycles. The highest BCUT2D eigenvalue weighted by Crippen LogP contribution is 2.28. The Morgan fingerprint density at radius 1 is 1.27 bits per heavy atom. The van der Waals surface area contributed by atoms with E-state index in [2.05, 4.69) is 37.2 Å². The largest absolute Gasteiger partial charge is 0.396 e. The maximum atomic E-state index is 12.3. The molecule has 4 aromatic rings. The van der Waals surface area contributed by atoms with Gasteiger partial charge < -0.3 is 20.1 Å². The van der Waals surface area contributed by atoms with Crippen molar-refractivity contribution in [1.29, 1.82) is 0 Å². The van der Waals surface area contributed by atoms with Crippen molar-refractivity contribution in [2.45, 2.75) is 38.0 Å². The third-order valence-electron chi connectivity index (χ3n) is 6.26. The summed E-state index contributed by atoms with van der Waals surface area (Å²) in [5.41, 5.74) is 1.57. The van der Waals surface area contributed by atoms with Crippen LogP contribution in [0.5, 0.6) is 0 Å². The molecule has 0 saturated carbocycles. The van der Waals surface area contributed by atoms with Gasteiger partial charge in [0.25, 0.3) is 5.56 Å². The van der Waals surface area contributed by atoms with E-state index in [4.69, 9.17) is 0 Å². The van der Waals surface area contributed by atoms with Gasteiger partial charge in [0.2, 0.25) is 0 Å². The fraction of sp³-hybridized carbons (Fsp3) is 0.360. The molecule has 194 valence electrons. The number of rotatable bonds is 7. The molecule has 12 heteroatoms. The molecule has 0 unspecified atom stereocenters. The molecule has 0 amide bonds. The molecule has 4 heterocycles. The number of aromatic nitrogens is 6. The molecule has 0 saturated heterocycles. The van der Waals surface area contributed by atoms with Crippen LogP contribution in [0.1, 0.15) is 38.8 Å². The zero-order valence-electron chi connectivity index (χ0n) is 21.3. The van der Waals surface area contributed by atoms with Crippen LogP contribution in [0.25, 0.3) is 22.3 Å². The molecular formula is C25H29N7O4S. The van der Waals surface area contributed by atoms with Crippen LogP contribution in [-0.2, 0) is 16.9 Å². The average Bonchev–Trinajstić information content (AvgIpc) is 3.37. The van der Waals surface area contributed by atoms with E-state index >= 15 is 0 Å². The van der Waals surface area contributed by atoms with Crippen LogP contribution < -0.4 is 10.9 Å². The van der Waals surface area contributed by atoms with Crippen LogP contribution in [0, 0.1) is 11.8 Å². The predicted octanol–water partition coefficient (Wildman–Crippen LogP) is 2.38. The first kappa shape index (κ1) is 26.1. The van der Waals surface area contributed by atoms with Gasteiger partial charge in [-0.1, -0.05) is 11.8 Å². The lowest BCUT2D eigenvalue weighted by Gasteiger charge is -2.14. The summed E-state index contributed by atoms with van der Waals surface area (Å²) in [5.74, 6) is 7.15. The van der Waals surface area contributed by atoms with E-state index in [9.17, 15) is 18.3 Å². The number of hydrogen-bond acceptors (Lipinski definition) is 8. The Bertz CT molecular complexity index is 1690. The fourth-order valence-electron chi connectivity index (χ4n) is 3.63. The second kappa shape index (κ2) is 9.84. The number of aryl methyl sites for hydroxylation is 1. The topological polar surface area (TPSA) is 148 Å². The molecule has 1 atom stereocenters. The molecular weight excluding hydrogens is 494 g/mol. The maximum Gasteiger partial charge on any atom is 0.277 e. The third-order valence-corrected chi connectivity index (χ3v) is 8.21. The summed E-state index contributed by atoms with van der Waals surface area (Å²) < 4.78 is 26.3. The summed E-state index contributed by atoms with van der Waals surface area (Å²) in [6, 6.07) is 3.47. The van der Waals surface area contributed by atoms with Gasteiger partial charge in [-0.25, -0.2) is 23.4 Å². The first-order valence-corrected chi connectivity index (χ1v) is 13.5. The minimum Gasteiger partial charge on any atom is -0.396 e. The number of anilines is 2. The van der Waals surface area contributed by atoms with Crippen molar-refractivity contribution in [2.24, 2.45) is 7.05 Å². The number of nitrogens with zero attached hydrogens (tertiary/aromatic N) is 5. The van der Waals surface area contributed by atoms with Crippen LogP contribution >= 0.6 is 0 Å². The standard InChI is InChI=1S/C25H29N7O4S/c1-16(8-11-33)32-15-17(6-9-25(2,3)37(5,35)36)18-13-27-22(12-20(18)32)29-21-7-10-26-23(30-21)19-14-28-31(4)24(19)34/h7,10,12-16,28,33H,8,11H2,1-5H3,(H,26,27,29,30)/t16-/m0/s1. The van der Waals surface area contributed by atoms with Gasteiger partial charge in [0.05, 0.1) is 11.1 Å². The van der Waals surface area contributed by atoms with Crippen LogP contribution in [0.15, 0.2) is 41.7 Å². The summed E-state index contributed by atoms with van der Waals surface area (Å²) in [5, 5.41) is 16.2. The second-order valence-electron chi connectivity index (χ2n) is 9.37. The van der Waals surface area contributed by atoms with Gasteiger partial charge >= 0.3 is 0 Å². The normalized spacial score (nSPS) is 12.8. The number of nitrogens with one attached hydrogen (secondary N) is 2. The van der Waals surface area contributed by atoms with Gasteiger partial charge in [-0.05, 0) is 33.3 Å². The van der Waals surface area contributed by atoms with Crippen LogP contribution in [0.3, 0.4) is 0 Å². The number of aliphatic hydroxyl groups excluding tert-OH is 1. The van der Waals surface area contributed by atoms with E-state index in [-0.39, 0.29) is 24.0 Å². The highest BCUT2D eigenvalue weighted by Gasteiger charge is 2.27. The zero-order valence-corrected chi connectivity index (χ0v) is 22.1. The highest BCUT2D eigenvalue weighted by molar-refractivity contribution is 7.92.